The predicted octanol–water partition coefficient (Wildman–Crippen LogP) is 4.65. The fraction of sp³-hybridized carbons (Fsp3) is 0.467. The molecule has 0 spiro atoms. The molecule has 1 aliphatic rings. The largest absolute Gasteiger partial charge is 0.288 e. The third-order valence-electron chi connectivity index (χ3n) is 4.13. The van der Waals surface area contributed by atoms with Crippen molar-refractivity contribution in [2.24, 2.45) is 0 Å². The molecule has 1 heterocycles. The van der Waals surface area contributed by atoms with E-state index in [9.17, 15) is 0 Å². The maximum absolute atomic E-state index is 6.01. The van der Waals surface area contributed by atoms with Crippen LogP contribution in [0.15, 0.2) is 24.3 Å². The molecule has 0 saturated heterocycles. The molecule has 0 bridgehead atoms. The average Bonchev–Trinajstić information content (AvgIpc) is 3.05. The van der Waals surface area contributed by atoms with Gasteiger partial charge in [0, 0.05) is 10.6 Å². The van der Waals surface area contributed by atoms with Crippen molar-refractivity contribution in [2.45, 2.75) is 44.8 Å². The summed E-state index contributed by atoms with van der Waals surface area (Å²) in [4.78, 5) is 0. The van der Waals surface area contributed by atoms with Gasteiger partial charge < -0.3 is 0 Å². The molecule has 1 aliphatic carbocycles. The van der Waals surface area contributed by atoms with Crippen molar-refractivity contribution in [3.8, 4) is 0 Å². The van der Waals surface area contributed by atoms with Crippen molar-refractivity contribution in [2.75, 3.05) is 0 Å². The van der Waals surface area contributed by atoms with Crippen molar-refractivity contribution in [1.29, 1.82) is 0 Å². The number of hydrogen-bond donors (Lipinski definition) is 1. The molecule has 3 rings (SSSR count). The van der Waals surface area contributed by atoms with Gasteiger partial charge in [-0.25, -0.2) is 4.68 Å². The Morgan fingerprint density at radius 3 is 2.57 bits per heavy atom. The number of aromatic nitrogens is 2. The van der Waals surface area contributed by atoms with Crippen LogP contribution in [-0.2, 0) is 12.2 Å². The van der Waals surface area contributed by atoms with Gasteiger partial charge in [0.25, 0.3) is 0 Å². The lowest BCUT2D eigenvalue weighted by molar-refractivity contribution is 0.298. The highest BCUT2D eigenvalue weighted by Gasteiger charge is 2.35. The van der Waals surface area contributed by atoms with Crippen molar-refractivity contribution in [1.82, 2.24) is 15.1 Å². The van der Waals surface area contributed by atoms with Crippen LogP contribution in [-0.4, -0.2) is 9.78 Å². The van der Waals surface area contributed by atoms with Gasteiger partial charge in [-0.2, -0.15) is 5.10 Å². The van der Waals surface area contributed by atoms with Crippen LogP contribution in [0.25, 0.3) is 0 Å². The zero-order valence-electron chi connectivity index (χ0n) is 11.9. The minimum Gasteiger partial charge on any atom is -0.288 e. The number of hydrogen-bond acceptors (Lipinski definition) is 4. The van der Waals surface area contributed by atoms with Crippen LogP contribution < -0.4 is 5.32 Å². The lowest BCUT2D eigenvalue weighted by Crippen LogP contribution is -2.41. The Bertz CT molecular complexity index is 669. The van der Waals surface area contributed by atoms with Crippen molar-refractivity contribution in [3.63, 3.8) is 0 Å². The molecule has 0 aliphatic heterocycles. The van der Waals surface area contributed by atoms with E-state index in [-0.39, 0.29) is 5.54 Å². The van der Waals surface area contributed by atoms with E-state index in [0.29, 0.717) is 6.67 Å². The van der Waals surface area contributed by atoms with Gasteiger partial charge in [-0.15, -0.1) is 0 Å². The SMILES string of the molecule is Cc1nn(CNC2(c3ccc(Cl)cc3)CCCC2)c(=S)s1. The number of rotatable bonds is 4. The summed E-state index contributed by atoms with van der Waals surface area (Å²) in [5.74, 6) is 0. The van der Waals surface area contributed by atoms with Gasteiger partial charge in [-0.3, -0.25) is 5.32 Å². The fourth-order valence-electron chi connectivity index (χ4n) is 3.05. The monoisotopic (exact) mass is 339 g/mol. The third kappa shape index (κ3) is 3.21. The third-order valence-corrected chi connectivity index (χ3v) is 5.60. The Morgan fingerprint density at radius 1 is 1.33 bits per heavy atom. The normalized spacial score (nSPS) is 17.2. The lowest BCUT2D eigenvalue weighted by atomic mass is 9.88. The first-order chi connectivity index (χ1) is 10.1. The summed E-state index contributed by atoms with van der Waals surface area (Å²) in [6, 6.07) is 8.20. The van der Waals surface area contributed by atoms with Crippen molar-refractivity contribution < 1.29 is 0 Å². The molecule has 112 valence electrons. The fourth-order valence-corrected chi connectivity index (χ4v) is 4.25. The Balaban J connectivity index is 1.83. The molecular weight excluding hydrogens is 322 g/mol. The number of aryl methyl sites for hydroxylation is 1. The van der Waals surface area contributed by atoms with Crippen LogP contribution in [0.3, 0.4) is 0 Å². The molecule has 1 N–H and O–H groups in total. The Hall–Kier alpha value is -0.750. The minimum absolute atomic E-state index is 0.0247. The minimum atomic E-state index is 0.0247. The van der Waals surface area contributed by atoms with E-state index in [2.05, 4.69) is 22.5 Å². The first kappa shape index (κ1) is 15.2. The maximum atomic E-state index is 6.01. The van der Waals surface area contributed by atoms with Crippen molar-refractivity contribution >= 4 is 35.2 Å². The summed E-state index contributed by atoms with van der Waals surface area (Å²) in [7, 11) is 0. The second-order valence-corrected chi connectivity index (χ2v) is 7.78. The van der Waals surface area contributed by atoms with E-state index in [1.54, 1.807) is 11.3 Å². The van der Waals surface area contributed by atoms with Crippen LogP contribution in [0.1, 0.15) is 36.3 Å². The Morgan fingerprint density at radius 2 is 2.00 bits per heavy atom. The molecule has 1 aromatic heterocycles. The molecule has 6 heteroatoms. The number of benzene rings is 1. The smallest absolute Gasteiger partial charge is 0.180 e. The summed E-state index contributed by atoms with van der Waals surface area (Å²) >= 11 is 12.9. The second kappa shape index (κ2) is 6.16. The van der Waals surface area contributed by atoms with Crippen LogP contribution in [0.5, 0.6) is 0 Å². The lowest BCUT2D eigenvalue weighted by Gasteiger charge is -2.31. The summed E-state index contributed by atoms with van der Waals surface area (Å²) in [5, 5.41) is 9.95. The highest BCUT2D eigenvalue weighted by Crippen LogP contribution is 2.39. The molecule has 3 nitrogen and oxygen atoms in total. The van der Waals surface area contributed by atoms with E-state index in [4.69, 9.17) is 23.8 Å². The zero-order chi connectivity index (χ0) is 14.9. The number of nitrogens with zero attached hydrogens (tertiary/aromatic N) is 2. The molecule has 0 amide bonds. The van der Waals surface area contributed by atoms with Crippen LogP contribution in [0.4, 0.5) is 0 Å². The molecular formula is C15H18ClN3S2. The summed E-state index contributed by atoms with van der Waals surface area (Å²) < 4.78 is 2.70. The highest BCUT2D eigenvalue weighted by molar-refractivity contribution is 7.73. The zero-order valence-corrected chi connectivity index (χ0v) is 14.3. The van der Waals surface area contributed by atoms with Crippen molar-refractivity contribution in [3.05, 3.63) is 43.8 Å². The maximum Gasteiger partial charge on any atom is 0.180 e. The molecule has 2 aromatic rings. The van der Waals surface area contributed by atoms with E-state index in [1.165, 1.54) is 18.4 Å². The van der Waals surface area contributed by atoms with Gasteiger partial charge >= 0.3 is 0 Å². The summed E-state index contributed by atoms with van der Waals surface area (Å²) in [6.45, 7) is 2.65. The molecule has 0 unspecified atom stereocenters. The van der Waals surface area contributed by atoms with Gasteiger partial charge in [0.1, 0.15) is 5.01 Å². The van der Waals surface area contributed by atoms with Crippen LogP contribution in [0.2, 0.25) is 5.02 Å². The molecule has 1 saturated carbocycles. The van der Waals surface area contributed by atoms with E-state index >= 15 is 0 Å². The highest BCUT2D eigenvalue weighted by atomic mass is 35.5. The van der Waals surface area contributed by atoms with Crippen LogP contribution >= 0.6 is 35.2 Å². The quantitative estimate of drug-likeness (QED) is 0.822. The summed E-state index contributed by atoms with van der Waals surface area (Å²) in [5.41, 5.74) is 1.33. The average molecular weight is 340 g/mol. The first-order valence-corrected chi connectivity index (χ1v) is 8.75. The Labute approximate surface area is 139 Å². The van der Waals surface area contributed by atoms with E-state index < -0.39 is 0 Å². The van der Waals surface area contributed by atoms with E-state index in [1.807, 2.05) is 23.7 Å². The topological polar surface area (TPSA) is 29.9 Å². The van der Waals surface area contributed by atoms with Gasteiger partial charge in [0.15, 0.2) is 3.95 Å². The Kier molecular flexibility index (Phi) is 4.45. The summed E-state index contributed by atoms with van der Waals surface area (Å²) in [6.07, 6.45) is 4.78. The van der Waals surface area contributed by atoms with Gasteiger partial charge in [-0.05, 0) is 49.7 Å². The van der Waals surface area contributed by atoms with E-state index in [0.717, 1.165) is 26.8 Å². The molecule has 1 aromatic carbocycles. The van der Waals surface area contributed by atoms with Crippen LogP contribution in [0, 0.1) is 10.9 Å². The van der Waals surface area contributed by atoms with Gasteiger partial charge in [0.2, 0.25) is 0 Å². The number of halogens is 1. The molecule has 1 fully saturated rings. The molecule has 0 radical (unpaired) electrons. The molecule has 0 atom stereocenters. The predicted molar refractivity (Wildman–Crippen MR) is 90.4 cm³/mol. The standard InChI is InChI=1S/C15H18ClN3S2/c1-11-18-19(14(20)21-11)10-17-15(8-2-3-9-15)12-4-6-13(16)7-5-12/h4-7,17H,2-3,8-10H2,1H3. The molecule has 21 heavy (non-hydrogen) atoms. The van der Waals surface area contributed by atoms with Gasteiger partial charge in [0.05, 0.1) is 6.67 Å². The van der Waals surface area contributed by atoms with Gasteiger partial charge in [-0.1, -0.05) is 47.9 Å². The number of nitrogens with one attached hydrogen (secondary N) is 1. The second-order valence-electron chi connectivity index (χ2n) is 5.52. The first-order valence-electron chi connectivity index (χ1n) is 7.15.